The molecule has 0 radical (unpaired) electrons. The average Bonchev–Trinajstić information content (AvgIpc) is 2.98. The third-order valence-corrected chi connectivity index (χ3v) is 22.6. The fourth-order valence-corrected chi connectivity index (χ4v) is 18.9. The molecule has 3 aliphatic carbocycles. The zero-order valence-electron chi connectivity index (χ0n) is 29.3. The molecule has 3 saturated carbocycles. The van der Waals surface area contributed by atoms with Crippen molar-refractivity contribution in [3.8, 4) is 0 Å². The number of benzene rings is 1. The van der Waals surface area contributed by atoms with Gasteiger partial charge in [0.2, 0.25) is 0 Å². The fourth-order valence-electron chi connectivity index (χ4n) is 9.12. The normalized spacial score (nSPS) is 32.2. The van der Waals surface area contributed by atoms with Gasteiger partial charge in [-0.3, -0.25) is 0 Å². The van der Waals surface area contributed by atoms with Crippen LogP contribution in [0.2, 0.25) is 28.5 Å². The van der Waals surface area contributed by atoms with Crippen LogP contribution in [0.5, 0.6) is 0 Å². The first-order valence-electron chi connectivity index (χ1n) is 18.1. The second-order valence-corrected chi connectivity index (χ2v) is 23.7. The van der Waals surface area contributed by atoms with E-state index in [-0.39, 0.29) is 43.9 Å². The van der Waals surface area contributed by atoms with Gasteiger partial charge in [-0.2, -0.15) is 0 Å². The van der Waals surface area contributed by atoms with E-state index in [0.29, 0.717) is 47.5 Å². The van der Waals surface area contributed by atoms with Crippen LogP contribution in [-0.4, -0.2) is 47.2 Å². The summed E-state index contributed by atoms with van der Waals surface area (Å²) in [5, 5.41) is 0. The Morgan fingerprint density at radius 2 is 1.25 bits per heavy atom. The molecule has 0 unspecified atom stereocenters. The predicted molar refractivity (Wildman–Crippen MR) is 186 cm³/mol. The van der Waals surface area contributed by atoms with Crippen molar-refractivity contribution < 1.29 is 19.1 Å². The maximum atomic E-state index is 14.9. The van der Waals surface area contributed by atoms with Crippen LogP contribution in [0.4, 0.5) is 0 Å². The van der Waals surface area contributed by atoms with E-state index in [9.17, 15) is 9.59 Å². The molecule has 1 aromatic rings. The standard InChI is InChI=1S/C38H62O4SeSi/c1-10-44(11-2,12-3)34-24-38(35(34)43-29-16-14-13-15-17-29,36(39)41-32-22-27(8)18-20-30(32)25(4)5)37(40)42-33-23-28(9)19-21-31(33)26(6)7/h13-17,25-28,30-35H,10-12,18-24H2,1-9H3/t27-,28-,30+,31+,32-,33-,34+,35-/m1/s1. The Bertz CT molecular complexity index is 1030. The predicted octanol–water partition coefficient (Wildman–Crippen LogP) is 9.08. The molecule has 0 bridgehead atoms. The number of hydrogen-bond acceptors (Lipinski definition) is 4. The second-order valence-electron chi connectivity index (χ2n) is 15.6. The summed E-state index contributed by atoms with van der Waals surface area (Å²) in [5.74, 6) is 2.11. The zero-order chi connectivity index (χ0) is 32.2. The molecule has 0 N–H and O–H groups in total. The molecule has 0 aliphatic heterocycles. The number of rotatable bonds is 12. The summed E-state index contributed by atoms with van der Waals surface area (Å²) >= 11 is -0.0331. The molecule has 8 atom stereocenters. The Morgan fingerprint density at radius 3 is 1.66 bits per heavy atom. The summed E-state index contributed by atoms with van der Waals surface area (Å²) in [6.45, 7) is 20.7. The third kappa shape index (κ3) is 7.23. The molecule has 6 heteroatoms. The topological polar surface area (TPSA) is 52.6 Å². The van der Waals surface area contributed by atoms with Crippen molar-refractivity contribution in [1.82, 2.24) is 0 Å². The van der Waals surface area contributed by atoms with Crippen LogP contribution in [0.3, 0.4) is 0 Å². The van der Waals surface area contributed by atoms with E-state index in [4.69, 9.17) is 9.47 Å². The molecule has 4 rings (SSSR count). The van der Waals surface area contributed by atoms with Gasteiger partial charge in [0.25, 0.3) is 0 Å². The van der Waals surface area contributed by atoms with Gasteiger partial charge in [-0.05, 0) is 0 Å². The molecule has 1 aromatic carbocycles. The summed E-state index contributed by atoms with van der Waals surface area (Å²) < 4.78 is 14.6. The van der Waals surface area contributed by atoms with Crippen LogP contribution < -0.4 is 4.46 Å². The summed E-state index contributed by atoms with van der Waals surface area (Å²) in [6, 6.07) is 14.2. The van der Waals surface area contributed by atoms with E-state index in [0.717, 1.165) is 25.7 Å². The van der Waals surface area contributed by atoms with E-state index in [1.807, 2.05) is 0 Å². The number of esters is 2. The van der Waals surface area contributed by atoms with E-state index in [2.05, 4.69) is 92.6 Å². The second kappa shape index (κ2) is 15.2. The van der Waals surface area contributed by atoms with Crippen molar-refractivity contribution in [2.75, 3.05) is 0 Å². The van der Waals surface area contributed by atoms with Crippen LogP contribution in [0.1, 0.15) is 107 Å². The van der Waals surface area contributed by atoms with Crippen molar-refractivity contribution in [2.24, 2.45) is 40.9 Å². The maximum absolute atomic E-state index is 14.9. The van der Waals surface area contributed by atoms with Gasteiger partial charge in [0.05, 0.1) is 0 Å². The molecule has 0 spiro atoms. The molecule has 3 aliphatic rings. The first kappa shape index (κ1) is 35.7. The van der Waals surface area contributed by atoms with E-state index >= 15 is 0 Å². The van der Waals surface area contributed by atoms with Gasteiger partial charge in [0.1, 0.15) is 0 Å². The van der Waals surface area contributed by atoms with Crippen LogP contribution in [0, 0.1) is 40.9 Å². The van der Waals surface area contributed by atoms with Gasteiger partial charge in [-0.25, -0.2) is 0 Å². The van der Waals surface area contributed by atoms with Crippen molar-refractivity contribution in [3.63, 3.8) is 0 Å². The molecule has 0 heterocycles. The van der Waals surface area contributed by atoms with E-state index in [1.165, 1.54) is 35.4 Å². The first-order valence-corrected chi connectivity index (χ1v) is 22.6. The van der Waals surface area contributed by atoms with Gasteiger partial charge < -0.3 is 0 Å². The van der Waals surface area contributed by atoms with Crippen LogP contribution in [-0.2, 0) is 19.1 Å². The van der Waals surface area contributed by atoms with Crippen molar-refractivity contribution in [2.45, 2.75) is 148 Å². The van der Waals surface area contributed by atoms with Gasteiger partial charge in [-0.1, -0.05) is 0 Å². The molecule has 3 fully saturated rings. The number of ether oxygens (including phenoxy) is 2. The molecule has 44 heavy (non-hydrogen) atoms. The monoisotopic (exact) mass is 690 g/mol. The van der Waals surface area contributed by atoms with E-state index < -0.39 is 13.5 Å². The Balaban J connectivity index is 1.76. The number of carbonyl (C=O) groups excluding carboxylic acids is 2. The van der Waals surface area contributed by atoms with E-state index in [1.54, 1.807) is 0 Å². The van der Waals surface area contributed by atoms with Crippen molar-refractivity contribution >= 4 is 39.4 Å². The average molecular weight is 690 g/mol. The Hall–Kier alpha value is -1.10. The molecule has 4 nitrogen and oxygen atoms in total. The van der Waals surface area contributed by atoms with Gasteiger partial charge in [0.15, 0.2) is 0 Å². The Kier molecular flexibility index (Phi) is 12.3. The van der Waals surface area contributed by atoms with Crippen molar-refractivity contribution in [1.29, 1.82) is 0 Å². The third-order valence-electron chi connectivity index (χ3n) is 12.5. The summed E-state index contributed by atoms with van der Waals surface area (Å²) in [6.07, 6.45) is 6.69. The van der Waals surface area contributed by atoms with Gasteiger partial charge in [-0.15, -0.1) is 0 Å². The molecule has 0 aromatic heterocycles. The van der Waals surface area contributed by atoms with Gasteiger partial charge in [0, 0.05) is 0 Å². The summed E-state index contributed by atoms with van der Waals surface area (Å²) in [5.41, 5.74) is -0.761. The van der Waals surface area contributed by atoms with Crippen LogP contribution >= 0.6 is 0 Å². The van der Waals surface area contributed by atoms with Crippen LogP contribution in [0.15, 0.2) is 30.3 Å². The molecule has 0 saturated heterocycles. The quantitative estimate of drug-likeness (QED) is 0.125. The fraction of sp³-hybridized carbons (Fsp3) is 0.789. The molecular formula is C38H62O4SeSi. The summed E-state index contributed by atoms with van der Waals surface area (Å²) in [7, 11) is -1.72. The minimum atomic E-state index is -1.72. The van der Waals surface area contributed by atoms with Crippen LogP contribution in [0.25, 0.3) is 0 Å². The Labute approximate surface area is 276 Å². The van der Waals surface area contributed by atoms with Gasteiger partial charge >= 0.3 is 278 Å². The molecular weight excluding hydrogens is 627 g/mol. The first-order chi connectivity index (χ1) is 20.9. The molecule has 0 amide bonds. The summed E-state index contributed by atoms with van der Waals surface area (Å²) in [4.78, 5) is 29.8. The zero-order valence-corrected chi connectivity index (χ0v) is 32.0. The molecule has 248 valence electrons. The number of carbonyl (C=O) groups is 2. The number of hydrogen-bond donors (Lipinski definition) is 0. The SMILES string of the molecule is CC[Si](CC)(CC)[C@H]1CC(C(=O)O[C@@H]2C[C@H](C)CC[C@H]2C(C)C)(C(=O)O[C@@H]2C[C@H](C)CC[C@H]2C(C)C)[C@@H]1[Se]c1ccccc1. The Morgan fingerprint density at radius 1 is 0.795 bits per heavy atom. The van der Waals surface area contributed by atoms with Crippen molar-refractivity contribution in [3.05, 3.63) is 30.3 Å². The minimum absolute atomic E-state index is 0.0130.